The molecule has 0 amide bonds. The van der Waals surface area contributed by atoms with Gasteiger partial charge in [0.05, 0.1) is 26.2 Å². The third-order valence-electron chi connectivity index (χ3n) is 11.8. The number of hydrogen-bond acceptors (Lipinski definition) is 10. The van der Waals surface area contributed by atoms with Gasteiger partial charge in [-0.3, -0.25) is 23.4 Å². The van der Waals surface area contributed by atoms with Crippen molar-refractivity contribution < 1.29 is 52.2 Å². The number of carbonyl (C=O) groups excluding carboxylic acids is 3. The van der Waals surface area contributed by atoms with Crippen molar-refractivity contribution in [2.75, 3.05) is 26.4 Å². The Morgan fingerprint density at radius 3 is 1.25 bits per heavy atom. The summed E-state index contributed by atoms with van der Waals surface area (Å²) in [7, 11) is -4.77. The highest BCUT2D eigenvalue weighted by molar-refractivity contribution is 7.47. The van der Waals surface area contributed by atoms with E-state index in [0.717, 1.165) is 77.0 Å². The number of carbonyl (C=O) groups is 3. The van der Waals surface area contributed by atoms with Gasteiger partial charge in [-0.05, 0) is 77.0 Å². The number of aliphatic hydroxyl groups is 1. The van der Waals surface area contributed by atoms with Gasteiger partial charge < -0.3 is 24.2 Å². The van der Waals surface area contributed by atoms with Crippen LogP contribution in [0, 0.1) is 0 Å². The summed E-state index contributed by atoms with van der Waals surface area (Å²) in [6.07, 6.45) is 61.5. The van der Waals surface area contributed by atoms with E-state index in [4.69, 9.17) is 23.3 Å². The molecule has 0 heterocycles. The molecule has 3 atom stereocenters. The van der Waals surface area contributed by atoms with Crippen molar-refractivity contribution in [3.63, 3.8) is 0 Å². The predicted molar refractivity (Wildman–Crippen MR) is 298 cm³/mol. The van der Waals surface area contributed by atoms with Gasteiger partial charge >= 0.3 is 25.7 Å². The summed E-state index contributed by atoms with van der Waals surface area (Å²) < 4.78 is 39.3. The molecule has 11 nitrogen and oxygen atoms in total. The summed E-state index contributed by atoms with van der Waals surface area (Å²) in [5, 5.41) is 9.78. The second-order valence-corrected chi connectivity index (χ2v) is 20.2. The molecule has 0 aliphatic carbocycles. The Balaban J connectivity index is 4.81. The minimum absolute atomic E-state index is 0.0668. The maximum Gasteiger partial charge on any atom is 0.472 e. The Bertz CT molecular complexity index is 1530. The summed E-state index contributed by atoms with van der Waals surface area (Å²) in [6.45, 7) is 4.38. The lowest BCUT2D eigenvalue weighted by Crippen LogP contribution is -2.30. The second-order valence-electron chi connectivity index (χ2n) is 18.7. The molecule has 0 rings (SSSR count). The Labute approximate surface area is 439 Å². The van der Waals surface area contributed by atoms with Crippen LogP contribution in [0.25, 0.3) is 0 Å². The summed E-state index contributed by atoms with van der Waals surface area (Å²) >= 11 is 0. The van der Waals surface area contributed by atoms with E-state index in [-0.39, 0.29) is 25.9 Å². The maximum atomic E-state index is 12.9. The molecule has 0 aliphatic heterocycles. The zero-order valence-corrected chi connectivity index (χ0v) is 46.5. The Hall–Kier alpha value is -3.34. The van der Waals surface area contributed by atoms with Gasteiger partial charge in [0.2, 0.25) is 0 Å². The maximum absolute atomic E-state index is 12.9. The predicted octanol–water partition coefficient (Wildman–Crippen LogP) is 16.7. The summed E-state index contributed by atoms with van der Waals surface area (Å²) in [6, 6.07) is 0. The first-order valence-electron chi connectivity index (χ1n) is 28.5. The van der Waals surface area contributed by atoms with Crippen molar-refractivity contribution in [2.24, 2.45) is 0 Å². The van der Waals surface area contributed by atoms with E-state index in [1.54, 1.807) is 6.08 Å². The van der Waals surface area contributed by atoms with E-state index >= 15 is 0 Å². The molecule has 0 radical (unpaired) electrons. The van der Waals surface area contributed by atoms with Crippen molar-refractivity contribution in [1.29, 1.82) is 0 Å². The van der Waals surface area contributed by atoms with Crippen molar-refractivity contribution in [2.45, 2.75) is 251 Å². The van der Waals surface area contributed by atoms with Crippen LogP contribution in [0.3, 0.4) is 0 Å². The number of phosphoric acid groups is 1. The highest BCUT2D eigenvalue weighted by atomic mass is 31.2. The molecule has 0 bridgehead atoms. The van der Waals surface area contributed by atoms with E-state index in [0.29, 0.717) is 19.3 Å². The van der Waals surface area contributed by atoms with Crippen LogP contribution in [0.5, 0.6) is 0 Å². The Morgan fingerprint density at radius 2 is 0.778 bits per heavy atom. The number of hydrogen-bond donors (Lipinski definition) is 2. The van der Waals surface area contributed by atoms with Gasteiger partial charge in [0, 0.05) is 12.8 Å². The standard InChI is InChI=1S/C60H103O11P/c1-4-7-10-13-16-19-22-24-26-27-28-29-31-32-35-37-40-43-46-49-58(62)67-53-57(71-60(64)51-48-45-42-39-36-33-30-25-23-20-17-14-11-8-5-2)55-69-72(65,66)68-54-56(52-61)70-59(63)50-47-44-41-38-34-21-18-15-12-9-6-3/h8,11,16-17,19-20,24-26,30,36,39,45,48,56-57,61H,4-7,9-10,12-15,18,21-23,27-29,31-35,37-38,40-44,46-47,49-55H2,1-3H3,(H,65,66)/b11-8-,19-16-,20-17-,26-24-,30-25-,39-36-,48-45-. The first kappa shape index (κ1) is 68.7. The molecule has 414 valence electrons. The van der Waals surface area contributed by atoms with E-state index in [9.17, 15) is 28.9 Å². The zero-order valence-electron chi connectivity index (χ0n) is 45.6. The topological polar surface area (TPSA) is 155 Å². The normalized spacial score (nSPS) is 14.0. The van der Waals surface area contributed by atoms with Crippen LogP contribution in [0.1, 0.15) is 239 Å². The SMILES string of the molecule is CC/C=C\C/C=C\C/C=C\C/C=C\C/C=C\CC(=O)OC(COC(=O)CCCCCCCCCCC/C=C\C/C=C\CCCCC)COP(=O)(O)OCC(CO)OC(=O)CCCCCCCCCCCCC. The van der Waals surface area contributed by atoms with Crippen LogP contribution in [-0.2, 0) is 42.2 Å². The largest absolute Gasteiger partial charge is 0.472 e. The van der Waals surface area contributed by atoms with E-state index < -0.39 is 57.8 Å². The molecule has 0 spiro atoms. The molecule has 3 unspecified atom stereocenters. The van der Waals surface area contributed by atoms with Crippen molar-refractivity contribution in [1.82, 2.24) is 0 Å². The summed E-state index contributed by atoms with van der Waals surface area (Å²) in [5.41, 5.74) is 0. The van der Waals surface area contributed by atoms with E-state index in [1.807, 2.05) is 12.2 Å². The minimum atomic E-state index is -4.77. The smallest absolute Gasteiger partial charge is 0.462 e. The average molecular weight is 1030 g/mol. The van der Waals surface area contributed by atoms with Crippen molar-refractivity contribution in [3.05, 3.63) is 85.1 Å². The molecule has 0 aromatic rings. The van der Waals surface area contributed by atoms with Crippen molar-refractivity contribution >= 4 is 25.7 Å². The first-order valence-corrected chi connectivity index (χ1v) is 30.0. The fourth-order valence-corrected chi connectivity index (χ4v) is 8.30. The average Bonchev–Trinajstić information content (AvgIpc) is 3.37. The number of unbranched alkanes of at least 4 members (excludes halogenated alkanes) is 22. The summed E-state index contributed by atoms with van der Waals surface area (Å²) in [4.78, 5) is 48.4. The fraction of sp³-hybridized carbons (Fsp3) is 0.717. The zero-order chi connectivity index (χ0) is 52.7. The van der Waals surface area contributed by atoms with E-state index in [2.05, 4.69) is 87.6 Å². The number of ether oxygens (including phenoxy) is 3. The molecule has 0 aromatic carbocycles. The lowest BCUT2D eigenvalue weighted by Gasteiger charge is -2.21. The lowest BCUT2D eigenvalue weighted by molar-refractivity contribution is -0.160. The molecule has 0 saturated heterocycles. The number of aliphatic hydroxyl groups excluding tert-OH is 1. The Morgan fingerprint density at radius 1 is 0.417 bits per heavy atom. The molecule has 0 saturated carbocycles. The van der Waals surface area contributed by atoms with Crippen molar-refractivity contribution in [3.8, 4) is 0 Å². The molecule has 72 heavy (non-hydrogen) atoms. The first-order chi connectivity index (χ1) is 35.2. The highest BCUT2D eigenvalue weighted by Gasteiger charge is 2.28. The van der Waals surface area contributed by atoms with Crippen LogP contribution in [0.15, 0.2) is 85.1 Å². The number of rotatable bonds is 52. The van der Waals surface area contributed by atoms with Crippen LogP contribution >= 0.6 is 7.82 Å². The van der Waals surface area contributed by atoms with Gasteiger partial charge in [0.25, 0.3) is 0 Å². The Kier molecular flexibility index (Phi) is 51.4. The van der Waals surface area contributed by atoms with Gasteiger partial charge in [0.15, 0.2) is 6.10 Å². The second kappa shape index (κ2) is 53.9. The number of esters is 3. The monoisotopic (exact) mass is 1030 g/mol. The van der Waals surface area contributed by atoms with Gasteiger partial charge in [-0.15, -0.1) is 0 Å². The third-order valence-corrected chi connectivity index (χ3v) is 12.8. The van der Waals surface area contributed by atoms with Gasteiger partial charge in [-0.25, -0.2) is 4.57 Å². The van der Waals surface area contributed by atoms with Crippen LogP contribution in [0.2, 0.25) is 0 Å². The quantitative estimate of drug-likeness (QED) is 0.0197. The fourth-order valence-electron chi connectivity index (χ4n) is 7.52. The van der Waals surface area contributed by atoms with Crippen LogP contribution < -0.4 is 0 Å². The molecule has 0 aromatic heterocycles. The van der Waals surface area contributed by atoms with Gasteiger partial charge in [-0.1, -0.05) is 228 Å². The minimum Gasteiger partial charge on any atom is -0.462 e. The molecule has 2 N–H and O–H groups in total. The lowest BCUT2D eigenvalue weighted by atomic mass is 10.1. The molecular weight excluding hydrogens is 928 g/mol. The number of allylic oxidation sites excluding steroid dienone is 13. The van der Waals surface area contributed by atoms with Crippen LogP contribution in [-0.4, -0.2) is 66.5 Å². The molecular formula is C60H103O11P. The number of phosphoric ester groups is 1. The highest BCUT2D eigenvalue weighted by Crippen LogP contribution is 2.43. The van der Waals surface area contributed by atoms with E-state index in [1.165, 1.54) is 103 Å². The van der Waals surface area contributed by atoms with Crippen LogP contribution in [0.4, 0.5) is 0 Å². The molecule has 12 heteroatoms. The molecule has 0 aliphatic rings. The third kappa shape index (κ3) is 51.6. The molecule has 0 fully saturated rings. The van der Waals surface area contributed by atoms with Gasteiger partial charge in [-0.2, -0.15) is 0 Å². The summed E-state index contributed by atoms with van der Waals surface area (Å²) in [5.74, 6) is -1.62. The van der Waals surface area contributed by atoms with Gasteiger partial charge in [0.1, 0.15) is 12.7 Å².